The lowest BCUT2D eigenvalue weighted by atomic mass is 10.1. The van der Waals surface area contributed by atoms with Gasteiger partial charge in [0.2, 0.25) is 0 Å². The zero-order chi connectivity index (χ0) is 18.6. The molecule has 3 heterocycles. The zero-order valence-electron chi connectivity index (χ0n) is 16.1. The number of hydrogen-bond donors (Lipinski definition) is 1. The molecule has 0 aliphatic carbocycles. The van der Waals surface area contributed by atoms with Crippen molar-refractivity contribution in [3.63, 3.8) is 0 Å². The van der Waals surface area contributed by atoms with Gasteiger partial charge in [-0.25, -0.2) is 4.98 Å². The maximum atomic E-state index is 5.22. The van der Waals surface area contributed by atoms with Crippen molar-refractivity contribution in [2.45, 2.75) is 19.9 Å². The van der Waals surface area contributed by atoms with Gasteiger partial charge >= 0.3 is 0 Å². The van der Waals surface area contributed by atoms with E-state index >= 15 is 0 Å². The quantitative estimate of drug-likeness (QED) is 0.698. The molecule has 6 nitrogen and oxygen atoms in total. The van der Waals surface area contributed by atoms with E-state index in [1.54, 1.807) is 7.11 Å². The van der Waals surface area contributed by atoms with Crippen molar-refractivity contribution in [2.24, 2.45) is 5.92 Å². The first kappa shape index (κ1) is 17.9. The van der Waals surface area contributed by atoms with Crippen LogP contribution in [0.4, 0.5) is 0 Å². The first-order valence-corrected chi connectivity index (χ1v) is 9.59. The summed E-state index contributed by atoms with van der Waals surface area (Å²) in [5.41, 5.74) is 5.23. The highest BCUT2D eigenvalue weighted by Gasteiger charge is 2.25. The van der Waals surface area contributed by atoms with Crippen molar-refractivity contribution < 1.29 is 4.74 Å². The van der Waals surface area contributed by atoms with Gasteiger partial charge in [0, 0.05) is 38.0 Å². The zero-order valence-corrected chi connectivity index (χ0v) is 16.1. The van der Waals surface area contributed by atoms with E-state index in [0.717, 1.165) is 61.1 Å². The summed E-state index contributed by atoms with van der Waals surface area (Å²) >= 11 is 0. The van der Waals surface area contributed by atoms with Crippen LogP contribution in [-0.4, -0.2) is 58.0 Å². The van der Waals surface area contributed by atoms with Gasteiger partial charge in [0.1, 0.15) is 5.69 Å². The molecule has 27 heavy (non-hydrogen) atoms. The number of aromatic amines is 1. The van der Waals surface area contributed by atoms with Gasteiger partial charge in [0.15, 0.2) is 0 Å². The number of H-pyrrole nitrogens is 1. The van der Waals surface area contributed by atoms with E-state index in [1.807, 2.05) is 19.3 Å². The molecule has 1 aliphatic rings. The first-order chi connectivity index (χ1) is 13.2. The number of nitrogens with zero attached hydrogens (tertiary/aromatic N) is 4. The van der Waals surface area contributed by atoms with E-state index in [9.17, 15) is 0 Å². The molecule has 1 aliphatic heterocycles. The number of aromatic nitrogens is 4. The minimum atomic E-state index is 0.624. The second-order valence-corrected chi connectivity index (χ2v) is 7.34. The molecule has 0 unspecified atom stereocenters. The second-order valence-electron chi connectivity index (χ2n) is 7.34. The third-order valence-corrected chi connectivity index (χ3v) is 5.27. The Balaban J connectivity index is 1.61. The fourth-order valence-electron chi connectivity index (χ4n) is 3.90. The summed E-state index contributed by atoms with van der Waals surface area (Å²) in [7, 11) is 1.77. The lowest BCUT2D eigenvalue weighted by Gasteiger charge is -2.16. The van der Waals surface area contributed by atoms with E-state index in [0.29, 0.717) is 5.92 Å². The van der Waals surface area contributed by atoms with E-state index in [2.05, 4.69) is 50.0 Å². The number of benzene rings is 1. The SMILES string of the molecule is COCCN1CC[C@@H](Cn2cnc(-c3ccccc3)c2-c2cc(C)[nH]n2)C1. The minimum Gasteiger partial charge on any atom is -0.383 e. The van der Waals surface area contributed by atoms with E-state index in [1.165, 1.54) is 6.42 Å². The molecule has 0 amide bonds. The molecule has 1 saturated heterocycles. The van der Waals surface area contributed by atoms with Crippen molar-refractivity contribution >= 4 is 0 Å². The standard InChI is InChI=1S/C21H27N5O/c1-16-12-19(24-23-16)21-20(18-6-4-3-5-7-18)22-15-26(21)14-17-8-9-25(13-17)10-11-27-2/h3-7,12,15,17H,8-11,13-14H2,1-2H3,(H,23,24)/t17-/m1/s1. The van der Waals surface area contributed by atoms with Gasteiger partial charge in [-0.15, -0.1) is 0 Å². The van der Waals surface area contributed by atoms with Gasteiger partial charge in [-0.05, 0) is 31.9 Å². The summed E-state index contributed by atoms with van der Waals surface area (Å²) in [5.74, 6) is 0.624. The summed E-state index contributed by atoms with van der Waals surface area (Å²) < 4.78 is 7.50. The molecule has 3 aromatic rings. The van der Waals surface area contributed by atoms with Crippen LogP contribution in [0.2, 0.25) is 0 Å². The average molecular weight is 365 g/mol. The molecule has 1 fully saturated rings. The number of likely N-dealkylation sites (tertiary alicyclic amines) is 1. The van der Waals surface area contributed by atoms with Crippen LogP contribution in [0.3, 0.4) is 0 Å². The Kier molecular flexibility index (Phi) is 5.36. The molecular weight excluding hydrogens is 338 g/mol. The van der Waals surface area contributed by atoms with Gasteiger partial charge in [0.25, 0.3) is 0 Å². The van der Waals surface area contributed by atoms with E-state index < -0.39 is 0 Å². The predicted octanol–water partition coefficient (Wildman–Crippen LogP) is 3.22. The largest absolute Gasteiger partial charge is 0.383 e. The van der Waals surface area contributed by atoms with Crippen LogP contribution in [-0.2, 0) is 11.3 Å². The first-order valence-electron chi connectivity index (χ1n) is 9.59. The Labute approximate surface area is 160 Å². The highest BCUT2D eigenvalue weighted by atomic mass is 16.5. The van der Waals surface area contributed by atoms with Crippen LogP contribution in [0.1, 0.15) is 12.1 Å². The molecule has 1 atom stereocenters. The fraction of sp³-hybridized carbons (Fsp3) is 0.429. The second kappa shape index (κ2) is 8.06. The van der Waals surface area contributed by atoms with Crippen LogP contribution >= 0.6 is 0 Å². The molecule has 0 radical (unpaired) electrons. The molecule has 1 aromatic carbocycles. The topological polar surface area (TPSA) is 59.0 Å². The van der Waals surface area contributed by atoms with Crippen molar-refractivity contribution in [2.75, 3.05) is 33.4 Å². The van der Waals surface area contributed by atoms with Gasteiger partial charge in [-0.2, -0.15) is 5.10 Å². The van der Waals surface area contributed by atoms with Crippen LogP contribution in [0.15, 0.2) is 42.7 Å². The number of aryl methyl sites for hydroxylation is 1. The molecule has 0 spiro atoms. The average Bonchev–Trinajstić information content (AvgIpc) is 3.41. The predicted molar refractivity (Wildman–Crippen MR) is 106 cm³/mol. The van der Waals surface area contributed by atoms with E-state index in [-0.39, 0.29) is 0 Å². The Morgan fingerprint density at radius 1 is 1.26 bits per heavy atom. The summed E-state index contributed by atoms with van der Waals surface area (Å²) in [6.07, 6.45) is 3.18. The number of hydrogen-bond acceptors (Lipinski definition) is 4. The molecule has 0 bridgehead atoms. The Morgan fingerprint density at radius 2 is 2.11 bits per heavy atom. The molecule has 2 aromatic heterocycles. The van der Waals surface area contributed by atoms with Crippen molar-refractivity contribution in [1.82, 2.24) is 24.6 Å². The van der Waals surface area contributed by atoms with Gasteiger partial charge < -0.3 is 14.2 Å². The van der Waals surface area contributed by atoms with Gasteiger partial charge in [-0.1, -0.05) is 30.3 Å². The molecule has 4 rings (SSSR count). The Morgan fingerprint density at radius 3 is 2.85 bits per heavy atom. The van der Waals surface area contributed by atoms with Gasteiger partial charge in [0.05, 0.1) is 24.3 Å². The molecular formula is C21H27N5O. The summed E-state index contributed by atoms with van der Waals surface area (Å²) in [6, 6.07) is 12.5. The molecule has 142 valence electrons. The Bertz CT molecular complexity index is 870. The van der Waals surface area contributed by atoms with Crippen LogP contribution in [0, 0.1) is 12.8 Å². The van der Waals surface area contributed by atoms with Gasteiger partial charge in [-0.3, -0.25) is 5.10 Å². The van der Waals surface area contributed by atoms with Crippen molar-refractivity contribution in [3.05, 3.63) is 48.4 Å². The summed E-state index contributed by atoms with van der Waals surface area (Å²) in [5, 5.41) is 7.60. The lowest BCUT2D eigenvalue weighted by Crippen LogP contribution is -2.25. The fourth-order valence-corrected chi connectivity index (χ4v) is 3.90. The normalized spacial score (nSPS) is 17.6. The van der Waals surface area contributed by atoms with Crippen LogP contribution in [0.25, 0.3) is 22.6 Å². The van der Waals surface area contributed by atoms with Crippen LogP contribution < -0.4 is 0 Å². The maximum Gasteiger partial charge on any atom is 0.111 e. The smallest absolute Gasteiger partial charge is 0.111 e. The summed E-state index contributed by atoms with van der Waals surface area (Å²) in [4.78, 5) is 7.25. The third-order valence-electron chi connectivity index (χ3n) is 5.27. The number of nitrogens with one attached hydrogen (secondary N) is 1. The molecule has 0 saturated carbocycles. The number of rotatable bonds is 7. The summed E-state index contributed by atoms with van der Waals surface area (Å²) in [6.45, 7) is 7.06. The molecule has 1 N–H and O–H groups in total. The highest BCUT2D eigenvalue weighted by molar-refractivity contribution is 5.76. The third kappa shape index (κ3) is 3.96. The van der Waals surface area contributed by atoms with E-state index in [4.69, 9.17) is 9.72 Å². The number of methoxy groups -OCH3 is 1. The number of imidazole rings is 1. The van der Waals surface area contributed by atoms with Crippen LogP contribution in [0.5, 0.6) is 0 Å². The monoisotopic (exact) mass is 365 g/mol. The van der Waals surface area contributed by atoms with Crippen molar-refractivity contribution in [3.8, 4) is 22.6 Å². The minimum absolute atomic E-state index is 0.624. The highest BCUT2D eigenvalue weighted by Crippen LogP contribution is 2.31. The maximum absolute atomic E-state index is 5.22. The van der Waals surface area contributed by atoms with Crippen molar-refractivity contribution in [1.29, 1.82) is 0 Å². The Hall–Kier alpha value is -2.44. The lowest BCUT2D eigenvalue weighted by molar-refractivity contribution is 0.158. The number of ether oxygens (including phenoxy) is 1. The molecule has 6 heteroatoms.